The number of aromatic nitrogens is 1. The van der Waals surface area contributed by atoms with Crippen molar-refractivity contribution in [3.8, 4) is 33.3 Å². The van der Waals surface area contributed by atoms with Crippen molar-refractivity contribution in [2.24, 2.45) is 0 Å². The van der Waals surface area contributed by atoms with Crippen LogP contribution >= 0.6 is 11.3 Å². The number of rotatable bonds is 4. The van der Waals surface area contributed by atoms with Crippen LogP contribution in [0.15, 0.2) is 59.3 Å². The SMILES string of the molecule is COc1ccc(-c2c(-c3ccco3)sc3c(OC)ccnc23)cc1. The van der Waals surface area contributed by atoms with Gasteiger partial charge >= 0.3 is 0 Å². The van der Waals surface area contributed by atoms with E-state index < -0.39 is 0 Å². The molecule has 0 fully saturated rings. The Kier molecular flexibility index (Phi) is 3.70. The highest BCUT2D eigenvalue weighted by molar-refractivity contribution is 7.23. The molecule has 0 spiro atoms. The van der Waals surface area contributed by atoms with Gasteiger partial charge in [0, 0.05) is 11.8 Å². The molecule has 0 atom stereocenters. The zero-order valence-corrected chi connectivity index (χ0v) is 14.1. The van der Waals surface area contributed by atoms with Gasteiger partial charge in [-0.05, 0) is 35.9 Å². The maximum Gasteiger partial charge on any atom is 0.144 e. The maximum atomic E-state index is 5.65. The highest BCUT2D eigenvalue weighted by atomic mass is 32.1. The van der Waals surface area contributed by atoms with Crippen LogP contribution in [0.1, 0.15) is 0 Å². The first-order valence-corrected chi connectivity index (χ1v) is 8.27. The molecule has 4 aromatic rings. The fourth-order valence-electron chi connectivity index (χ4n) is 2.74. The van der Waals surface area contributed by atoms with Crippen LogP contribution in [0.3, 0.4) is 0 Å². The van der Waals surface area contributed by atoms with Crippen molar-refractivity contribution >= 4 is 21.6 Å². The molecule has 0 bridgehead atoms. The largest absolute Gasteiger partial charge is 0.497 e. The van der Waals surface area contributed by atoms with Crippen LogP contribution in [-0.4, -0.2) is 19.2 Å². The van der Waals surface area contributed by atoms with Crippen LogP contribution in [0.5, 0.6) is 11.5 Å². The first-order valence-electron chi connectivity index (χ1n) is 7.45. The number of thiophene rings is 1. The third kappa shape index (κ3) is 2.34. The minimum atomic E-state index is 0.817. The lowest BCUT2D eigenvalue weighted by Gasteiger charge is -2.05. The van der Waals surface area contributed by atoms with E-state index >= 15 is 0 Å². The van der Waals surface area contributed by atoms with Crippen LogP contribution in [0.25, 0.3) is 32.0 Å². The van der Waals surface area contributed by atoms with Gasteiger partial charge in [-0.15, -0.1) is 11.3 Å². The van der Waals surface area contributed by atoms with Gasteiger partial charge in [0.15, 0.2) is 0 Å². The lowest BCUT2D eigenvalue weighted by atomic mass is 10.0. The van der Waals surface area contributed by atoms with Gasteiger partial charge < -0.3 is 13.9 Å². The predicted octanol–water partition coefficient (Wildman–Crippen LogP) is 5.24. The lowest BCUT2D eigenvalue weighted by Crippen LogP contribution is -1.86. The van der Waals surface area contributed by atoms with Gasteiger partial charge in [-0.2, -0.15) is 0 Å². The van der Waals surface area contributed by atoms with E-state index in [1.54, 1.807) is 38.0 Å². The number of nitrogens with zero attached hydrogens (tertiary/aromatic N) is 1. The summed E-state index contributed by atoms with van der Waals surface area (Å²) in [5.74, 6) is 2.46. The number of pyridine rings is 1. The average molecular weight is 337 g/mol. The summed E-state index contributed by atoms with van der Waals surface area (Å²) >= 11 is 1.63. The Labute approximate surface area is 143 Å². The number of hydrogen-bond donors (Lipinski definition) is 0. The molecule has 3 heterocycles. The fourth-order valence-corrected chi connectivity index (χ4v) is 3.98. The number of furan rings is 1. The van der Waals surface area contributed by atoms with Crippen molar-refractivity contribution < 1.29 is 13.9 Å². The number of ether oxygens (including phenoxy) is 2. The molecule has 0 unspecified atom stereocenters. The van der Waals surface area contributed by atoms with E-state index in [9.17, 15) is 0 Å². The summed E-state index contributed by atoms with van der Waals surface area (Å²) in [6.45, 7) is 0. The zero-order chi connectivity index (χ0) is 16.5. The third-order valence-electron chi connectivity index (χ3n) is 3.88. The second-order valence-electron chi connectivity index (χ2n) is 5.20. The molecule has 4 rings (SSSR count). The molecular formula is C19H15NO3S. The molecule has 0 saturated heterocycles. The molecule has 0 aliphatic heterocycles. The Balaban J connectivity index is 2.02. The van der Waals surface area contributed by atoms with Gasteiger partial charge in [-0.3, -0.25) is 4.98 Å². The minimum Gasteiger partial charge on any atom is -0.497 e. The quantitative estimate of drug-likeness (QED) is 0.511. The zero-order valence-electron chi connectivity index (χ0n) is 13.3. The molecule has 120 valence electrons. The number of methoxy groups -OCH3 is 2. The van der Waals surface area contributed by atoms with E-state index in [1.165, 1.54) is 0 Å². The van der Waals surface area contributed by atoms with Gasteiger partial charge in [-0.25, -0.2) is 0 Å². The fraction of sp³-hybridized carbons (Fsp3) is 0.105. The monoisotopic (exact) mass is 337 g/mol. The molecule has 0 N–H and O–H groups in total. The van der Waals surface area contributed by atoms with Crippen molar-refractivity contribution in [1.29, 1.82) is 0 Å². The van der Waals surface area contributed by atoms with E-state index in [4.69, 9.17) is 13.9 Å². The molecule has 4 nitrogen and oxygen atoms in total. The van der Waals surface area contributed by atoms with Crippen LogP contribution in [-0.2, 0) is 0 Å². The first kappa shape index (κ1) is 14.8. The second kappa shape index (κ2) is 6.02. The van der Waals surface area contributed by atoms with Crippen LogP contribution in [0.2, 0.25) is 0 Å². The van der Waals surface area contributed by atoms with Crippen LogP contribution in [0.4, 0.5) is 0 Å². The molecular weight excluding hydrogens is 322 g/mol. The summed E-state index contributed by atoms with van der Waals surface area (Å²) in [6.07, 6.45) is 3.45. The topological polar surface area (TPSA) is 44.5 Å². The average Bonchev–Trinajstić information content (AvgIpc) is 3.28. The molecule has 0 aliphatic carbocycles. The third-order valence-corrected chi connectivity index (χ3v) is 5.09. The van der Waals surface area contributed by atoms with Gasteiger partial charge in [0.1, 0.15) is 17.3 Å². The minimum absolute atomic E-state index is 0.817. The summed E-state index contributed by atoms with van der Waals surface area (Å²) in [6, 6.07) is 13.7. The summed E-state index contributed by atoms with van der Waals surface area (Å²) in [4.78, 5) is 5.64. The van der Waals surface area contributed by atoms with Crippen molar-refractivity contribution in [2.45, 2.75) is 0 Å². The highest BCUT2D eigenvalue weighted by Gasteiger charge is 2.20. The maximum absolute atomic E-state index is 5.65. The first-order chi connectivity index (χ1) is 11.8. The van der Waals surface area contributed by atoms with Crippen LogP contribution < -0.4 is 9.47 Å². The van der Waals surface area contributed by atoms with Gasteiger partial charge in [0.2, 0.25) is 0 Å². The van der Waals surface area contributed by atoms with E-state index in [-0.39, 0.29) is 0 Å². The Hall–Kier alpha value is -2.79. The summed E-state index contributed by atoms with van der Waals surface area (Å²) < 4.78 is 17.4. The Bertz CT molecular complexity index is 972. The van der Waals surface area contributed by atoms with Gasteiger partial charge in [-0.1, -0.05) is 12.1 Å². The number of benzene rings is 1. The standard InChI is InChI=1S/C19H15NO3S/c1-21-13-7-5-12(6-8-13)16-17-19(14(22-2)9-10-20-17)24-18(16)15-4-3-11-23-15/h3-11H,1-2H3. The van der Waals surface area contributed by atoms with Crippen molar-refractivity contribution in [1.82, 2.24) is 4.98 Å². The van der Waals surface area contributed by atoms with Crippen molar-refractivity contribution in [3.05, 3.63) is 54.9 Å². The van der Waals surface area contributed by atoms with E-state index in [0.29, 0.717) is 0 Å². The van der Waals surface area contributed by atoms with Crippen LogP contribution in [0, 0.1) is 0 Å². The molecule has 0 saturated carbocycles. The normalized spacial score (nSPS) is 10.9. The van der Waals surface area contributed by atoms with E-state index in [1.807, 2.05) is 42.5 Å². The van der Waals surface area contributed by atoms with Gasteiger partial charge in [0.05, 0.1) is 35.6 Å². The molecule has 0 amide bonds. The Morgan fingerprint density at radius 1 is 1.00 bits per heavy atom. The number of hydrogen-bond acceptors (Lipinski definition) is 5. The molecule has 24 heavy (non-hydrogen) atoms. The van der Waals surface area contributed by atoms with Crippen molar-refractivity contribution in [2.75, 3.05) is 14.2 Å². The highest BCUT2D eigenvalue weighted by Crippen LogP contribution is 2.46. The second-order valence-corrected chi connectivity index (χ2v) is 6.22. The summed E-state index contributed by atoms with van der Waals surface area (Å²) in [7, 11) is 3.34. The van der Waals surface area contributed by atoms with Gasteiger partial charge in [0.25, 0.3) is 0 Å². The number of fused-ring (bicyclic) bond motifs is 1. The van der Waals surface area contributed by atoms with E-state index in [0.717, 1.165) is 43.5 Å². The molecule has 0 aliphatic rings. The Morgan fingerprint density at radius 3 is 2.50 bits per heavy atom. The molecule has 5 heteroatoms. The Morgan fingerprint density at radius 2 is 1.83 bits per heavy atom. The molecule has 1 aromatic carbocycles. The molecule has 3 aromatic heterocycles. The predicted molar refractivity (Wildman–Crippen MR) is 95.9 cm³/mol. The lowest BCUT2D eigenvalue weighted by molar-refractivity contribution is 0.415. The smallest absolute Gasteiger partial charge is 0.144 e. The van der Waals surface area contributed by atoms with E-state index in [2.05, 4.69) is 4.98 Å². The summed E-state index contributed by atoms with van der Waals surface area (Å²) in [5.41, 5.74) is 3.02. The van der Waals surface area contributed by atoms with Crippen molar-refractivity contribution in [3.63, 3.8) is 0 Å². The molecule has 0 radical (unpaired) electrons. The summed E-state index contributed by atoms with van der Waals surface area (Å²) in [5, 5.41) is 0.